The Kier molecular flexibility index (Phi) is 5.07. The Morgan fingerprint density at radius 2 is 2.00 bits per heavy atom. The van der Waals surface area contributed by atoms with Gasteiger partial charge in [0.15, 0.2) is 0 Å². The number of hydrogen-bond donors (Lipinski definition) is 1. The average Bonchev–Trinajstić information content (AvgIpc) is 2.46. The summed E-state index contributed by atoms with van der Waals surface area (Å²) >= 11 is 5.97. The van der Waals surface area contributed by atoms with Crippen LogP contribution in [0.2, 0.25) is 5.02 Å². The molecule has 1 heterocycles. The number of anilines is 2. The maximum absolute atomic E-state index is 12.9. The number of aromatic nitrogens is 2. The second kappa shape index (κ2) is 6.83. The van der Waals surface area contributed by atoms with Gasteiger partial charge in [0.1, 0.15) is 5.56 Å². The molecule has 8 heteroatoms. The lowest BCUT2D eigenvalue weighted by Crippen LogP contribution is -2.12. The Hall–Kier alpha value is -2.02. The number of nitrogens with one attached hydrogen (secondary N) is 1. The Balaban J connectivity index is 2.32. The van der Waals surface area contributed by atoms with Gasteiger partial charge in [0, 0.05) is 6.20 Å². The van der Waals surface area contributed by atoms with E-state index in [4.69, 9.17) is 16.3 Å². The molecule has 0 unspecified atom stereocenters. The average molecular weight is 332 g/mol. The third-order valence-corrected chi connectivity index (χ3v) is 2.95. The first-order valence-corrected chi connectivity index (χ1v) is 6.88. The van der Waals surface area contributed by atoms with Crippen molar-refractivity contribution in [1.82, 2.24) is 9.97 Å². The highest BCUT2D eigenvalue weighted by Crippen LogP contribution is 2.35. The molecular weight excluding hydrogens is 319 g/mol. The number of rotatable bonds is 5. The normalized spacial score (nSPS) is 11.3. The molecule has 118 valence electrons. The quantitative estimate of drug-likeness (QED) is 0.864. The van der Waals surface area contributed by atoms with Crippen molar-refractivity contribution >= 4 is 23.2 Å². The van der Waals surface area contributed by atoms with Crippen LogP contribution in [-0.4, -0.2) is 16.6 Å². The summed E-state index contributed by atoms with van der Waals surface area (Å²) in [5.74, 6) is -0.522. The molecule has 0 fully saturated rings. The lowest BCUT2D eigenvalue weighted by molar-refractivity contribution is -0.139. The Labute approximate surface area is 130 Å². The fraction of sp³-hybridized carbons (Fsp3) is 0.286. The van der Waals surface area contributed by atoms with Gasteiger partial charge in [0.2, 0.25) is 11.8 Å². The van der Waals surface area contributed by atoms with Crippen LogP contribution in [0.15, 0.2) is 30.5 Å². The molecule has 0 amide bonds. The van der Waals surface area contributed by atoms with Gasteiger partial charge in [-0.25, -0.2) is 4.98 Å². The zero-order valence-corrected chi connectivity index (χ0v) is 12.4. The van der Waals surface area contributed by atoms with Crippen molar-refractivity contribution in [3.63, 3.8) is 0 Å². The summed E-state index contributed by atoms with van der Waals surface area (Å²) in [7, 11) is 0. The van der Waals surface area contributed by atoms with Crippen molar-refractivity contribution in [3.8, 4) is 5.88 Å². The predicted octanol–water partition coefficient (Wildman–Crippen LogP) is 4.68. The zero-order chi connectivity index (χ0) is 16.2. The van der Waals surface area contributed by atoms with Gasteiger partial charge in [-0.05, 0) is 18.6 Å². The van der Waals surface area contributed by atoms with Gasteiger partial charge < -0.3 is 10.1 Å². The van der Waals surface area contributed by atoms with E-state index in [0.29, 0.717) is 23.3 Å². The van der Waals surface area contributed by atoms with Crippen molar-refractivity contribution in [1.29, 1.82) is 0 Å². The third kappa shape index (κ3) is 4.00. The van der Waals surface area contributed by atoms with Crippen LogP contribution < -0.4 is 10.1 Å². The van der Waals surface area contributed by atoms with Crippen LogP contribution in [0.3, 0.4) is 0 Å². The number of hydrogen-bond acceptors (Lipinski definition) is 4. The summed E-state index contributed by atoms with van der Waals surface area (Å²) in [4.78, 5) is 7.46. The van der Waals surface area contributed by atoms with Gasteiger partial charge in [0.05, 0.1) is 17.3 Å². The summed E-state index contributed by atoms with van der Waals surface area (Å²) in [6.07, 6.45) is -3.32. The van der Waals surface area contributed by atoms with Gasteiger partial charge in [-0.15, -0.1) is 0 Å². The molecular formula is C14H13ClF3N3O. The molecule has 0 bridgehead atoms. The SMILES string of the molecule is CCCOc1nc(Nc2ccccc2Cl)ncc1C(F)(F)F. The molecule has 0 saturated carbocycles. The monoisotopic (exact) mass is 331 g/mol. The van der Waals surface area contributed by atoms with Gasteiger partial charge in [0.25, 0.3) is 0 Å². The summed E-state index contributed by atoms with van der Waals surface area (Å²) in [6, 6.07) is 6.77. The van der Waals surface area contributed by atoms with E-state index < -0.39 is 17.6 Å². The molecule has 22 heavy (non-hydrogen) atoms. The largest absolute Gasteiger partial charge is 0.477 e. The summed E-state index contributed by atoms with van der Waals surface area (Å²) in [6.45, 7) is 1.92. The summed E-state index contributed by atoms with van der Waals surface area (Å²) in [5, 5.41) is 3.17. The van der Waals surface area contributed by atoms with E-state index in [0.717, 1.165) is 0 Å². The number of ether oxygens (including phenoxy) is 1. The molecule has 0 aliphatic rings. The molecule has 0 spiro atoms. The maximum atomic E-state index is 12.9. The van der Waals surface area contributed by atoms with Crippen molar-refractivity contribution in [2.24, 2.45) is 0 Å². The third-order valence-electron chi connectivity index (χ3n) is 2.62. The number of benzene rings is 1. The van der Waals surface area contributed by atoms with Gasteiger partial charge in [-0.1, -0.05) is 30.7 Å². The molecule has 0 aliphatic carbocycles. The highest BCUT2D eigenvalue weighted by Gasteiger charge is 2.36. The lowest BCUT2D eigenvalue weighted by atomic mass is 10.3. The lowest BCUT2D eigenvalue weighted by Gasteiger charge is -2.14. The molecule has 1 N–H and O–H groups in total. The summed E-state index contributed by atoms with van der Waals surface area (Å²) in [5.41, 5.74) is -0.518. The van der Waals surface area contributed by atoms with E-state index in [9.17, 15) is 13.2 Å². The molecule has 0 radical (unpaired) electrons. The minimum atomic E-state index is -4.58. The van der Waals surface area contributed by atoms with Gasteiger partial charge >= 0.3 is 6.18 Å². The zero-order valence-electron chi connectivity index (χ0n) is 11.6. The van der Waals surface area contributed by atoms with Crippen molar-refractivity contribution in [2.75, 3.05) is 11.9 Å². The van der Waals surface area contributed by atoms with Crippen LogP contribution in [0.25, 0.3) is 0 Å². The molecule has 0 aliphatic heterocycles. The number of para-hydroxylation sites is 1. The van der Waals surface area contributed by atoms with Crippen LogP contribution in [0.5, 0.6) is 5.88 Å². The first-order chi connectivity index (χ1) is 10.4. The molecule has 4 nitrogen and oxygen atoms in total. The topological polar surface area (TPSA) is 47.0 Å². The van der Waals surface area contributed by atoms with Crippen LogP contribution >= 0.6 is 11.6 Å². The minimum absolute atomic E-state index is 0.0211. The fourth-order valence-electron chi connectivity index (χ4n) is 1.61. The Morgan fingerprint density at radius 1 is 1.27 bits per heavy atom. The minimum Gasteiger partial charge on any atom is -0.477 e. The molecule has 2 aromatic rings. The molecule has 0 saturated heterocycles. The number of halogens is 4. The van der Waals surface area contributed by atoms with Gasteiger partial charge in [-0.2, -0.15) is 18.2 Å². The smallest absolute Gasteiger partial charge is 0.423 e. The Morgan fingerprint density at radius 3 is 2.64 bits per heavy atom. The first-order valence-electron chi connectivity index (χ1n) is 6.50. The maximum Gasteiger partial charge on any atom is 0.423 e. The fourth-order valence-corrected chi connectivity index (χ4v) is 1.80. The van der Waals surface area contributed by atoms with E-state index >= 15 is 0 Å². The van der Waals surface area contributed by atoms with Crippen molar-refractivity contribution in [2.45, 2.75) is 19.5 Å². The first kappa shape index (κ1) is 16.4. The van der Waals surface area contributed by atoms with E-state index in [-0.39, 0.29) is 12.6 Å². The molecule has 1 aromatic heterocycles. The van der Waals surface area contributed by atoms with Crippen LogP contribution in [0, 0.1) is 0 Å². The molecule has 0 atom stereocenters. The van der Waals surface area contributed by atoms with E-state index in [1.165, 1.54) is 0 Å². The van der Waals surface area contributed by atoms with Crippen LogP contribution in [0.4, 0.5) is 24.8 Å². The van der Waals surface area contributed by atoms with Crippen molar-refractivity contribution < 1.29 is 17.9 Å². The molecule has 1 aromatic carbocycles. The standard InChI is InChI=1S/C14H13ClF3N3O/c1-2-7-22-12-9(14(16,17)18)8-19-13(21-12)20-11-6-4-3-5-10(11)15/h3-6,8H,2,7H2,1H3,(H,19,20,21). The number of nitrogens with zero attached hydrogens (tertiary/aromatic N) is 2. The highest BCUT2D eigenvalue weighted by atomic mass is 35.5. The van der Waals surface area contributed by atoms with Crippen LogP contribution in [0.1, 0.15) is 18.9 Å². The number of alkyl halides is 3. The van der Waals surface area contributed by atoms with Crippen molar-refractivity contribution in [3.05, 3.63) is 41.0 Å². The second-order valence-corrected chi connectivity index (χ2v) is 4.77. The van der Waals surface area contributed by atoms with E-state index in [2.05, 4.69) is 15.3 Å². The van der Waals surface area contributed by atoms with E-state index in [1.807, 2.05) is 0 Å². The molecule has 2 rings (SSSR count). The predicted molar refractivity (Wildman–Crippen MR) is 77.6 cm³/mol. The summed E-state index contributed by atoms with van der Waals surface area (Å²) < 4.78 is 43.8. The van der Waals surface area contributed by atoms with Crippen LogP contribution in [-0.2, 0) is 6.18 Å². The van der Waals surface area contributed by atoms with E-state index in [1.54, 1.807) is 31.2 Å². The second-order valence-electron chi connectivity index (χ2n) is 4.36. The highest BCUT2D eigenvalue weighted by molar-refractivity contribution is 6.33. The Bertz CT molecular complexity index is 649. The van der Waals surface area contributed by atoms with Gasteiger partial charge in [-0.3, -0.25) is 0 Å².